The van der Waals surface area contributed by atoms with E-state index in [0.717, 1.165) is 34.9 Å². The number of carbonyl (C=O) groups excluding carboxylic acids is 1. The van der Waals surface area contributed by atoms with Gasteiger partial charge in [0.05, 0.1) is 4.92 Å². The van der Waals surface area contributed by atoms with Gasteiger partial charge in [0.2, 0.25) is 0 Å². The van der Waals surface area contributed by atoms with Gasteiger partial charge in [-0.15, -0.1) is 0 Å². The van der Waals surface area contributed by atoms with Gasteiger partial charge in [0.25, 0.3) is 0 Å². The Hall–Kier alpha value is -2.76. The van der Waals surface area contributed by atoms with E-state index in [1.54, 1.807) is 6.07 Å². The minimum absolute atomic E-state index is 0.259. The molecule has 0 heterocycles. The van der Waals surface area contributed by atoms with Crippen molar-refractivity contribution in [2.75, 3.05) is 6.61 Å². The average molecular weight is 317 g/mol. The van der Waals surface area contributed by atoms with Crippen LogP contribution in [-0.4, -0.2) is 17.3 Å². The fraction of sp³-hybridized carbons (Fsp3) is 0.235. The number of aryl methyl sites for hydroxylation is 3. The molecule has 120 valence electrons. The van der Waals surface area contributed by atoms with Gasteiger partial charge in [-0.2, -0.15) is 0 Å². The fourth-order valence-corrected chi connectivity index (χ4v) is 2.24. The summed E-state index contributed by atoms with van der Waals surface area (Å²) in [5.74, 6) is -1.24. The third-order valence-corrected chi connectivity index (χ3v) is 3.62. The molecule has 0 saturated carbocycles. The highest BCUT2D eigenvalue weighted by Gasteiger charge is 2.18. The normalized spacial score (nSPS) is 10.4. The third-order valence-electron chi connectivity index (χ3n) is 3.62. The Morgan fingerprint density at radius 3 is 2.43 bits per heavy atom. The Morgan fingerprint density at radius 2 is 1.78 bits per heavy atom. The van der Waals surface area contributed by atoms with Crippen molar-refractivity contribution >= 4 is 11.5 Å². The molecule has 0 aromatic heterocycles. The van der Waals surface area contributed by atoms with Gasteiger partial charge in [0.15, 0.2) is 18.1 Å². The third kappa shape index (κ3) is 3.71. The van der Waals surface area contributed by atoms with E-state index in [-0.39, 0.29) is 17.2 Å². The Morgan fingerprint density at radius 1 is 1.13 bits per heavy atom. The number of nitro benzene ring substituents is 1. The summed E-state index contributed by atoms with van der Waals surface area (Å²) in [7, 11) is 0. The minimum atomic E-state index is -0.680. The second-order valence-corrected chi connectivity index (χ2v) is 5.33. The number of Topliss-reactive ketones (excluding diaryl/α,β-unsaturated/α-hetero) is 1. The van der Waals surface area contributed by atoms with E-state index >= 15 is 0 Å². The van der Waals surface area contributed by atoms with Crippen molar-refractivity contribution in [3.8, 4) is 5.75 Å². The smallest absolute Gasteiger partial charge is 0.311 e. The molecular weight excluding hydrogens is 301 g/mol. The number of nitrogens with zero attached hydrogens (tertiary/aromatic N) is 1. The van der Waals surface area contributed by atoms with Crippen molar-refractivity contribution in [3.63, 3.8) is 0 Å². The summed E-state index contributed by atoms with van der Waals surface area (Å²) >= 11 is 0. The predicted octanol–water partition coefficient (Wildman–Crippen LogP) is 3.92. The molecule has 0 unspecified atom stereocenters. The maximum atomic E-state index is 13.2. The lowest BCUT2D eigenvalue weighted by Gasteiger charge is -2.10. The molecule has 0 aliphatic carbocycles. The zero-order valence-corrected chi connectivity index (χ0v) is 13.1. The van der Waals surface area contributed by atoms with Crippen LogP contribution < -0.4 is 4.74 Å². The SMILES string of the molecule is Cc1cc(C)c(C(=O)COc2cc(F)ccc2[N+](=O)[O-])cc1C. The molecule has 0 saturated heterocycles. The van der Waals surface area contributed by atoms with Gasteiger partial charge in [-0.25, -0.2) is 4.39 Å². The molecule has 0 fully saturated rings. The summed E-state index contributed by atoms with van der Waals surface area (Å²) in [5, 5.41) is 10.9. The molecule has 2 aromatic carbocycles. The Balaban J connectivity index is 2.22. The van der Waals surface area contributed by atoms with E-state index in [9.17, 15) is 19.3 Å². The quantitative estimate of drug-likeness (QED) is 0.476. The zero-order valence-electron chi connectivity index (χ0n) is 13.1. The number of benzene rings is 2. The summed E-state index contributed by atoms with van der Waals surface area (Å²) < 4.78 is 18.4. The van der Waals surface area contributed by atoms with Crippen LogP contribution in [0.25, 0.3) is 0 Å². The monoisotopic (exact) mass is 317 g/mol. The Bertz CT molecular complexity index is 786. The van der Waals surface area contributed by atoms with Crippen molar-refractivity contribution in [3.05, 3.63) is 68.5 Å². The standard InChI is InChI=1S/C17H16FNO4/c1-10-6-12(3)14(7-11(10)2)16(20)9-23-17-8-13(18)4-5-15(17)19(21)22/h4-8H,9H2,1-3H3. The lowest BCUT2D eigenvalue weighted by atomic mass is 9.98. The van der Waals surface area contributed by atoms with Crippen LogP contribution in [0, 0.1) is 36.7 Å². The predicted molar refractivity (Wildman–Crippen MR) is 83.5 cm³/mol. The molecule has 0 amide bonds. The molecule has 5 nitrogen and oxygen atoms in total. The van der Waals surface area contributed by atoms with E-state index in [1.807, 2.05) is 26.8 Å². The van der Waals surface area contributed by atoms with Gasteiger partial charge in [0.1, 0.15) is 5.82 Å². The Kier molecular flexibility index (Phi) is 4.74. The van der Waals surface area contributed by atoms with Crippen LogP contribution in [0.1, 0.15) is 27.0 Å². The first-order valence-corrected chi connectivity index (χ1v) is 6.97. The number of ether oxygens (including phenoxy) is 1. The molecular formula is C17H16FNO4. The van der Waals surface area contributed by atoms with Crippen LogP contribution in [0.2, 0.25) is 0 Å². The summed E-state index contributed by atoms with van der Waals surface area (Å²) in [5.41, 5.74) is 2.95. The van der Waals surface area contributed by atoms with Gasteiger partial charge in [-0.3, -0.25) is 14.9 Å². The molecule has 2 aromatic rings. The van der Waals surface area contributed by atoms with Crippen LogP contribution in [0.4, 0.5) is 10.1 Å². The van der Waals surface area contributed by atoms with Crippen LogP contribution in [0.3, 0.4) is 0 Å². The average Bonchev–Trinajstić information content (AvgIpc) is 2.48. The van der Waals surface area contributed by atoms with Gasteiger partial charge < -0.3 is 4.74 Å². The van der Waals surface area contributed by atoms with Crippen LogP contribution in [-0.2, 0) is 0 Å². The van der Waals surface area contributed by atoms with E-state index in [2.05, 4.69) is 0 Å². The summed E-state index contributed by atoms with van der Waals surface area (Å²) in [6, 6.07) is 6.54. The fourth-order valence-electron chi connectivity index (χ4n) is 2.24. The van der Waals surface area contributed by atoms with Crippen LogP contribution >= 0.6 is 0 Å². The van der Waals surface area contributed by atoms with Crippen molar-refractivity contribution in [2.45, 2.75) is 20.8 Å². The van der Waals surface area contributed by atoms with Gasteiger partial charge in [-0.05, 0) is 49.6 Å². The highest BCUT2D eigenvalue weighted by Crippen LogP contribution is 2.27. The molecule has 0 bridgehead atoms. The number of nitro groups is 1. The molecule has 23 heavy (non-hydrogen) atoms. The number of hydrogen-bond acceptors (Lipinski definition) is 4. The van der Waals surface area contributed by atoms with Crippen molar-refractivity contribution in [1.29, 1.82) is 0 Å². The van der Waals surface area contributed by atoms with Crippen molar-refractivity contribution in [2.24, 2.45) is 0 Å². The molecule has 0 spiro atoms. The van der Waals surface area contributed by atoms with E-state index < -0.39 is 17.3 Å². The van der Waals surface area contributed by atoms with E-state index in [1.165, 1.54) is 0 Å². The number of rotatable bonds is 5. The van der Waals surface area contributed by atoms with E-state index in [4.69, 9.17) is 4.74 Å². The minimum Gasteiger partial charge on any atom is -0.478 e. The molecule has 0 radical (unpaired) electrons. The topological polar surface area (TPSA) is 69.4 Å². The molecule has 0 atom stereocenters. The zero-order chi connectivity index (χ0) is 17.1. The van der Waals surface area contributed by atoms with Crippen molar-refractivity contribution < 1.29 is 18.8 Å². The molecule has 2 rings (SSSR count). The van der Waals surface area contributed by atoms with Gasteiger partial charge in [0, 0.05) is 17.7 Å². The first kappa shape index (κ1) is 16.6. The van der Waals surface area contributed by atoms with Gasteiger partial charge in [-0.1, -0.05) is 6.07 Å². The first-order valence-electron chi connectivity index (χ1n) is 6.97. The second kappa shape index (κ2) is 6.56. The lowest BCUT2D eigenvalue weighted by Crippen LogP contribution is -2.14. The van der Waals surface area contributed by atoms with E-state index in [0.29, 0.717) is 5.56 Å². The Labute approximate surface area is 132 Å². The van der Waals surface area contributed by atoms with Crippen LogP contribution in [0.5, 0.6) is 5.75 Å². The number of halogens is 1. The second-order valence-electron chi connectivity index (χ2n) is 5.33. The molecule has 0 aliphatic heterocycles. The maximum Gasteiger partial charge on any atom is 0.311 e. The highest BCUT2D eigenvalue weighted by atomic mass is 19.1. The molecule has 6 heteroatoms. The highest BCUT2D eigenvalue weighted by molar-refractivity contribution is 5.98. The number of ketones is 1. The molecule has 0 N–H and O–H groups in total. The summed E-state index contributed by atoms with van der Waals surface area (Å²) in [6.07, 6.45) is 0. The number of hydrogen-bond donors (Lipinski definition) is 0. The van der Waals surface area contributed by atoms with Crippen molar-refractivity contribution in [1.82, 2.24) is 0 Å². The largest absolute Gasteiger partial charge is 0.478 e. The summed E-state index contributed by atoms with van der Waals surface area (Å²) in [6.45, 7) is 5.25. The maximum absolute atomic E-state index is 13.2. The van der Waals surface area contributed by atoms with Gasteiger partial charge >= 0.3 is 5.69 Å². The lowest BCUT2D eigenvalue weighted by molar-refractivity contribution is -0.385. The molecule has 0 aliphatic rings. The first-order chi connectivity index (χ1) is 10.8. The summed E-state index contributed by atoms with van der Waals surface area (Å²) in [4.78, 5) is 22.5. The van der Waals surface area contributed by atoms with Crippen LogP contribution in [0.15, 0.2) is 30.3 Å². The number of carbonyl (C=O) groups is 1.